The Morgan fingerprint density at radius 3 is 2.45 bits per heavy atom. The lowest BCUT2D eigenvalue weighted by molar-refractivity contribution is 0.306. The lowest BCUT2D eigenvalue weighted by Crippen LogP contribution is -1.96. The van der Waals surface area contributed by atoms with Gasteiger partial charge in [-0.25, -0.2) is 0 Å². The molecule has 3 aromatic rings. The number of aryl methyl sites for hydroxylation is 2. The van der Waals surface area contributed by atoms with E-state index in [1.54, 1.807) is 0 Å². The lowest BCUT2D eigenvalue weighted by atomic mass is 10.1. The van der Waals surface area contributed by atoms with Crippen LogP contribution in [0.5, 0.6) is 5.75 Å². The number of anilines is 1. The topological polar surface area (TPSA) is 61.3 Å². The van der Waals surface area contributed by atoms with Crippen molar-refractivity contribution in [3.8, 4) is 17.0 Å². The molecule has 2 N–H and O–H groups in total. The highest BCUT2D eigenvalue weighted by Gasteiger charge is 2.07. The molecule has 0 bridgehead atoms. The molecule has 0 atom stereocenters. The molecule has 1 heterocycles. The summed E-state index contributed by atoms with van der Waals surface area (Å²) >= 11 is 0. The number of hydrogen-bond acceptors (Lipinski definition) is 4. The van der Waals surface area contributed by atoms with Crippen LogP contribution in [0.2, 0.25) is 0 Å². The second-order valence-electron chi connectivity index (χ2n) is 5.35. The smallest absolute Gasteiger partial charge is 0.147 e. The van der Waals surface area contributed by atoms with Gasteiger partial charge in [0.25, 0.3) is 0 Å². The van der Waals surface area contributed by atoms with Crippen LogP contribution in [0.4, 0.5) is 5.69 Å². The van der Waals surface area contributed by atoms with Crippen molar-refractivity contribution in [3.63, 3.8) is 0 Å². The number of nitrogens with two attached hydrogens (primary N) is 1. The van der Waals surface area contributed by atoms with Gasteiger partial charge < -0.3 is 15.0 Å². The summed E-state index contributed by atoms with van der Waals surface area (Å²) in [5.74, 6) is 0.809. The number of ether oxygens (including phenoxy) is 1. The SMILES string of the molecule is Cc1ccc(COc2ccc(-c3nocc3N)cc2)cc1C. The van der Waals surface area contributed by atoms with Crippen LogP contribution in [-0.4, -0.2) is 5.16 Å². The maximum Gasteiger partial charge on any atom is 0.147 e. The Morgan fingerprint density at radius 2 is 1.82 bits per heavy atom. The van der Waals surface area contributed by atoms with Crippen molar-refractivity contribution >= 4 is 5.69 Å². The van der Waals surface area contributed by atoms with Gasteiger partial charge in [0.15, 0.2) is 0 Å². The molecule has 0 amide bonds. The predicted molar refractivity (Wildman–Crippen MR) is 86.6 cm³/mol. The standard InChI is InChI=1S/C18H18N2O2/c1-12-3-4-14(9-13(12)2)10-21-16-7-5-15(6-8-16)18-17(19)11-22-20-18/h3-9,11H,10,19H2,1-2H3. The molecule has 0 fully saturated rings. The van der Waals surface area contributed by atoms with Gasteiger partial charge in [-0.2, -0.15) is 0 Å². The fourth-order valence-corrected chi connectivity index (χ4v) is 2.23. The Bertz CT molecular complexity index is 776. The van der Waals surface area contributed by atoms with Crippen molar-refractivity contribution in [1.82, 2.24) is 5.16 Å². The van der Waals surface area contributed by atoms with E-state index in [9.17, 15) is 0 Å². The van der Waals surface area contributed by atoms with Crippen molar-refractivity contribution in [2.75, 3.05) is 5.73 Å². The van der Waals surface area contributed by atoms with Gasteiger partial charge in [-0.1, -0.05) is 23.4 Å². The second kappa shape index (κ2) is 5.93. The molecule has 0 saturated carbocycles. The number of benzene rings is 2. The van der Waals surface area contributed by atoms with E-state index in [0.29, 0.717) is 18.0 Å². The van der Waals surface area contributed by atoms with Gasteiger partial charge in [0.1, 0.15) is 30.0 Å². The summed E-state index contributed by atoms with van der Waals surface area (Å²) in [6, 6.07) is 14.0. The lowest BCUT2D eigenvalue weighted by Gasteiger charge is -2.08. The first-order valence-electron chi connectivity index (χ1n) is 7.12. The third kappa shape index (κ3) is 2.96. The van der Waals surface area contributed by atoms with Gasteiger partial charge in [0.05, 0.1) is 0 Å². The first-order chi connectivity index (χ1) is 10.6. The van der Waals surface area contributed by atoms with Crippen LogP contribution in [0.25, 0.3) is 11.3 Å². The molecular formula is C18H18N2O2. The molecular weight excluding hydrogens is 276 g/mol. The van der Waals surface area contributed by atoms with Gasteiger partial charge in [-0.05, 0) is 54.8 Å². The first-order valence-corrected chi connectivity index (χ1v) is 7.12. The highest BCUT2D eigenvalue weighted by atomic mass is 16.5. The average molecular weight is 294 g/mol. The van der Waals surface area contributed by atoms with Crippen molar-refractivity contribution in [2.24, 2.45) is 0 Å². The minimum atomic E-state index is 0.531. The molecule has 4 nitrogen and oxygen atoms in total. The van der Waals surface area contributed by atoms with E-state index < -0.39 is 0 Å². The van der Waals surface area contributed by atoms with Crippen LogP contribution in [-0.2, 0) is 6.61 Å². The summed E-state index contributed by atoms with van der Waals surface area (Å²) in [6.45, 7) is 4.76. The second-order valence-corrected chi connectivity index (χ2v) is 5.35. The largest absolute Gasteiger partial charge is 0.489 e. The molecule has 0 saturated heterocycles. The fraction of sp³-hybridized carbons (Fsp3) is 0.167. The monoisotopic (exact) mass is 294 g/mol. The molecule has 112 valence electrons. The zero-order valence-corrected chi connectivity index (χ0v) is 12.7. The number of nitrogen functional groups attached to an aromatic ring is 1. The van der Waals surface area contributed by atoms with Gasteiger partial charge in [-0.3, -0.25) is 0 Å². The first kappa shape index (κ1) is 14.2. The summed E-state index contributed by atoms with van der Waals surface area (Å²) in [5, 5.41) is 3.89. The zero-order chi connectivity index (χ0) is 15.5. The zero-order valence-electron chi connectivity index (χ0n) is 12.7. The molecule has 0 radical (unpaired) electrons. The van der Waals surface area contributed by atoms with E-state index in [4.69, 9.17) is 15.0 Å². The molecule has 22 heavy (non-hydrogen) atoms. The van der Waals surface area contributed by atoms with E-state index in [2.05, 4.69) is 37.2 Å². The van der Waals surface area contributed by atoms with Crippen LogP contribution in [0.3, 0.4) is 0 Å². The molecule has 1 aromatic heterocycles. The Labute approximate surface area is 129 Å². The number of aromatic nitrogens is 1. The summed E-state index contributed by atoms with van der Waals surface area (Å²) in [7, 11) is 0. The molecule has 4 heteroatoms. The fourth-order valence-electron chi connectivity index (χ4n) is 2.23. The van der Waals surface area contributed by atoms with Crippen LogP contribution in [0.15, 0.2) is 53.3 Å². The van der Waals surface area contributed by atoms with Crippen LogP contribution in [0.1, 0.15) is 16.7 Å². The van der Waals surface area contributed by atoms with E-state index in [-0.39, 0.29) is 0 Å². The van der Waals surface area contributed by atoms with E-state index in [1.165, 1.54) is 17.4 Å². The molecule has 0 aliphatic heterocycles. The molecule has 2 aromatic carbocycles. The normalized spacial score (nSPS) is 10.6. The number of hydrogen-bond donors (Lipinski definition) is 1. The van der Waals surface area contributed by atoms with E-state index >= 15 is 0 Å². The van der Waals surface area contributed by atoms with Gasteiger partial charge in [0, 0.05) is 5.56 Å². The van der Waals surface area contributed by atoms with Gasteiger partial charge in [0.2, 0.25) is 0 Å². The maximum atomic E-state index is 5.81. The minimum absolute atomic E-state index is 0.531. The van der Waals surface area contributed by atoms with Gasteiger partial charge in [-0.15, -0.1) is 0 Å². The summed E-state index contributed by atoms with van der Waals surface area (Å²) in [5.41, 5.74) is 11.6. The van der Waals surface area contributed by atoms with E-state index in [1.807, 2.05) is 24.3 Å². The highest BCUT2D eigenvalue weighted by molar-refractivity contribution is 5.71. The van der Waals surface area contributed by atoms with Crippen molar-refractivity contribution in [1.29, 1.82) is 0 Å². The quantitative estimate of drug-likeness (QED) is 0.786. The summed E-state index contributed by atoms with van der Waals surface area (Å²) in [6.07, 6.45) is 1.43. The molecule has 0 aliphatic carbocycles. The van der Waals surface area contributed by atoms with Crippen LogP contribution in [0, 0.1) is 13.8 Å². The van der Waals surface area contributed by atoms with Gasteiger partial charge >= 0.3 is 0 Å². The minimum Gasteiger partial charge on any atom is -0.489 e. The Hall–Kier alpha value is -2.75. The van der Waals surface area contributed by atoms with Crippen molar-refractivity contribution in [2.45, 2.75) is 20.5 Å². The van der Waals surface area contributed by atoms with Crippen LogP contribution >= 0.6 is 0 Å². The van der Waals surface area contributed by atoms with Crippen molar-refractivity contribution in [3.05, 3.63) is 65.4 Å². The molecule has 0 unspecified atom stereocenters. The Morgan fingerprint density at radius 1 is 1.05 bits per heavy atom. The maximum absolute atomic E-state index is 5.81. The Balaban J connectivity index is 1.69. The average Bonchev–Trinajstić information content (AvgIpc) is 2.95. The Kier molecular flexibility index (Phi) is 3.83. The molecule has 0 aliphatic rings. The molecule has 0 spiro atoms. The van der Waals surface area contributed by atoms with Crippen LogP contribution < -0.4 is 10.5 Å². The summed E-state index contributed by atoms with van der Waals surface area (Å²) in [4.78, 5) is 0. The third-order valence-corrected chi connectivity index (χ3v) is 3.70. The molecule has 3 rings (SSSR count). The predicted octanol–water partition coefficient (Wildman–Crippen LogP) is 4.12. The summed E-state index contributed by atoms with van der Waals surface area (Å²) < 4.78 is 10.7. The third-order valence-electron chi connectivity index (χ3n) is 3.70. The van der Waals surface area contributed by atoms with E-state index in [0.717, 1.165) is 16.9 Å². The number of nitrogens with zero attached hydrogens (tertiary/aromatic N) is 1. The number of rotatable bonds is 4. The van der Waals surface area contributed by atoms with Crippen molar-refractivity contribution < 1.29 is 9.26 Å². The highest BCUT2D eigenvalue weighted by Crippen LogP contribution is 2.26.